The third-order valence-corrected chi connectivity index (χ3v) is 5.03. The lowest BCUT2D eigenvalue weighted by Crippen LogP contribution is -2.24. The van der Waals surface area contributed by atoms with Crippen LogP contribution in [0.5, 0.6) is 0 Å². The molecular weight excluding hydrogens is 256 g/mol. The first kappa shape index (κ1) is 18.5. The van der Waals surface area contributed by atoms with Crippen LogP contribution in [0.3, 0.4) is 0 Å². The van der Waals surface area contributed by atoms with Crippen molar-refractivity contribution in [3.8, 4) is 0 Å². The van der Waals surface area contributed by atoms with E-state index >= 15 is 0 Å². The molecule has 0 spiro atoms. The molecule has 1 N–H and O–H groups in total. The summed E-state index contributed by atoms with van der Waals surface area (Å²) in [7, 11) is 0. The van der Waals surface area contributed by atoms with Crippen LogP contribution in [-0.4, -0.2) is 11.2 Å². The van der Waals surface area contributed by atoms with E-state index in [0.29, 0.717) is 5.92 Å². The largest absolute Gasteiger partial charge is 0.393 e. The topological polar surface area (TPSA) is 20.2 Å². The molecule has 0 aromatic rings. The van der Waals surface area contributed by atoms with E-state index in [0.717, 1.165) is 18.8 Å². The van der Waals surface area contributed by atoms with Gasteiger partial charge in [0.25, 0.3) is 0 Å². The summed E-state index contributed by atoms with van der Waals surface area (Å²) in [6.07, 6.45) is 21.2. The van der Waals surface area contributed by atoms with E-state index in [9.17, 15) is 5.11 Å². The summed E-state index contributed by atoms with van der Waals surface area (Å²) in [5, 5.41) is 10.5. The van der Waals surface area contributed by atoms with Gasteiger partial charge in [-0.15, -0.1) is 0 Å². The Morgan fingerprint density at radius 1 is 1.14 bits per heavy atom. The van der Waals surface area contributed by atoms with Gasteiger partial charge in [-0.3, -0.25) is 0 Å². The quantitative estimate of drug-likeness (QED) is 0.343. The molecule has 0 amide bonds. The summed E-state index contributed by atoms with van der Waals surface area (Å²) in [6, 6.07) is 0. The number of allylic oxidation sites excluding steroid dienone is 3. The minimum absolute atomic E-state index is 0.0390. The Bertz CT molecular complexity index is 282. The molecule has 1 heteroatoms. The molecule has 3 atom stereocenters. The van der Waals surface area contributed by atoms with Gasteiger partial charge in [-0.25, -0.2) is 0 Å². The molecule has 0 radical (unpaired) electrons. The highest BCUT2D eigenvalue weighted by Crippen LogP contribution is 2.38. The smallest absolute Gasteiger partial charge is 0.0571 e. The van der Waals surface area contributed by atoms with Gasteiger partial charge in [0.15, 0.2) is 0 Å². The number of rotatable bonds is 12. The van der Waals surface area contributed by atoms with Crippen molar-refractivity contribution in [2.75, 3.05) is 0 Å². The number of hydrogen-bond acceptors (Lipinski definition) is 1. The Kier molecular flexibility index (Phi) is 10.6. The minimum atomic E-state index is -0.0390. The second-order valence-corrected chi connectivity index (χ2v) is 6.72. The molecule has 1 saturated carbocycles. The first-order valence-electron chi connectivity index (χ1n) is 9.25. The van der Waals surface area contributed by atoms with Crippen LogP contribution >= 0.6 is 0 Å². The van der Waals surface area contributed by atoms with Gasteiger partial charge >= 0.3 is 0 Å². The third kappa shape index (κ3) is 7.85. The molecule has 1 rings (SSSR count). The van der Waals surface area contributed by atoms with Crippen molar-refractivity contribution in [1.29, 1.82) is 0 Å². The van der Waals surface area contributed by atoms with E-state index in [1.165, 1.54) is 64.2 Å². The lowest BCUT2D eigenvalue weighted by atomic mass is 9.85. The van der Waals surface area contributed by atoms with Gasteiger partial charge in [-0.1, -0.05) is 76.7 Å². The molecule has 0 bridgehead atoms. The second-order valence-electron chi connectivity index (χ2n) is 6.72. The van der Waals surface area contributed by atoms with E-state index in [-0.39, 0.29) is 6.10 Å². The van der Waals surface area contributed by atoms with Crippen molar-refractivity contribution < 1.29 is 5.11 Å². The molecule has 1 unspecified atom stereocenters. The van der Waals surface area contributed by atoms with E-state index in [1.54, 1.807) is 0 Å². The third-order valence-electron chi connectivity index (χ3n) is 5.03. The van der Waals surface area contributed by atoms with Crippen molar-refractivity contribution in [2.45, 2.75) is 90.1 Å². The van der Waals surface area contributed by atoms with Gasteiger partial charge in [0, 0.05) is 0 Å². The molecule has 0 saturated heterocycles. The zero-order valence-electron chi connectivity index (χ0n) is 14.1. The summed E-state index contributed by atoms with van der Waals surface area (Å²) < 4.78 is 0. The van der Waals surface area contributed by atoms with Gasteiger partial charge < -0.3 is 5.11 Å². The molecule has 21 heavy (non-hydrogen) atoms. The summed E-state index contributed by atoms with van der Waals surface area (Å²) in [5.74, 6) is 1.35. The van der Waals surface area contributed by atoms with Crippen molar-refractivity contribution >= 4 is 0 Å². The summed E-state index contributed by atoms with van der Waals surface area (Å²) in [5.41, 5.74) is 0. The fourth-order valence-electron chi connectivity index (χ4n) is 3.79. The average Bonchev–Trinajstić information content (AvgIpc) is 2.95. The van der Waals surface area contributed by atoms with Gasteiger partial charge in [0.1, 0.15) is 0 Å². The molecule has 0 aromatic heterocycles. The monoisotopic (exact) mass is 292 g/mol. The zero-order chi connectivity index (χ0) is 15.3. The van der Waals surface area contributed by atoms with Crippen molar-refractivity contribution in [1.82, 2.24) is 0 Å². The van der Waals surface area contributed by atoms with Crippen LogP contribution in [0.15, 0.2) is 24.8 Å². The molecule has 1 aliphatic rings. The SMILES string of the molecule is C=C/C=C/CCC[C@H]1CCC[C@@H]1C(O)CCCCCCC. The maximum atomic E-state index is 10.5. The van der Waals surface area contributed by atoms with Gasteiger partial charge in [-0.05, 0) is 43.9 Å². The summed E-state index contributed by atoms with van der Waals surface area (Å²) in [4.78, 5) is 0. The van der Waals surface area contributed by atoms with Crippen LogP contribution in [0.2, 0.25) is 0 Å². The summed E-state index contributed by atoms with van der Waals surface area (Å²) in [6.45, 7) is 5.95. The maximum Gasteiger partial charge on any atom is 0.0571 e. The predicted molar refractivity (Wildman–Crippen MR) is 93.4 cm³/mol. The first-order valence-corrected chi connectivity index (χ1v) is 9.25. The van der Waals surface area contributed by atoms with E-state index in [1.807, 2.05) is 12.2 Å². The molecule has 1 nitrogen and oxygen atoms in total. The predicted octanol–water partition coefficient (Wildman–Crippen LogP) is 6.04. The number of unbranched alkanes of at least 4 members (excludes halogenated alkanes) is 5. The van der Waals surface area contributed by atoms with E-state index in [4.69, 9.17) is 0 Å². The standard InChI is InChI=1S/C20H36O/c1-3-5-7-9-11-14-18-15-13-16-19(18)20(21)17-12-10-8-6-4-2/h3,5,7,18-21H,1,4,6,8-17H2,2H3/b7-5+/t18-,19-,20?/m0/s1. The van der Waals surface area contributed by atoms with Crippen LogP contribution < -0.4 is 0 Å². The normalized spacial score (nSPS) is 23.7. The Hall–Kier alpha value is -0.560. The van der Waals surface area contributed by atoms with Crippen LogP contribution in [-0.2, 0) is 0 Å². The van der Waals surface area contributed by atoms with Crippen molar-refractivity contribution in [3.05, 3.63) is 24.8 Å². The fraction of sp³-hybridized carbons (Fsp3) is 0.800. The Morgan fingerprint density at radius 2 is 1.95 bits per heavy atom. The van der Waals surface area contributed by atoms with E-state index < -0.39 is 0 Å². The van der Waals surface area contributed by atoms with Crippen LogP contribution in [0, 0.1) is 11.8 Å². The fourth-order valence-corrected chi connectivity index (χ4v) is 3.79. The van der Waals surface area contributed by atoms with Crippen LogP contribution in [0.25, 0.3) is 0 Å². The van der Waals surface area contributed by atoms with E-state index in [2.05, 4.69) is 19.6 Å². The highest BCUT2D eigenvalue weighted by atomic mass is 16.3. The number of aliphatic hydroxyl groups is 1. The molecule has 0 aromatic carbocycles. The van der Waals surface area contributed by atoms with Gasteiger partial charge in [0.05, 0.1) is 6.10 Å². The summed E-state index contributed by atoms with van der Waals surface area (Å²) >= 11 is 0. The highest BCUT2D eigenvalue weighted by molar-refractivity contribution is 4.97. The molecule has 0 aliphatic heterocycles. The molecule has 1 fully saturated rings. The van der Waals surface area contributed by atoms with Crippen molar-refractivity contribution in [3.63, 3.8) is 0 Å². The lowest BCUT2D eigenvalue weighted by molar-refractivity contribution is 0.0725. The molecule has 122 valence electrons. The highest BCUT2D eigenvalue weighted by Gasteiger charge is 2.31. The second kappa shape index (κ2) is 12.0. The molecule has 0 heterocycles. The van der Waals surface area contributed by atoms with Crippen molar-refractivity contribution in [2.24, 2.45) is 11.8 Å². The van der Waals surface area contributed by atoms with Crippen LogP contribution in [0.4, 0.5) is 0 Å². The average molecular weight is 293 g/mol. The Morgan fingerprint density at radius 3 is 2.71 bits per heavy atom. The first-order chi connectivity index (χ1) is 10.3. The van der Waals surface area contributed by atoms with Crippen LogP contribution in [0.1, 0.15) is 84.0 Å². The maximum absolute atomic E-state index is 10.5. The Balaban J connectivity index is 2.18. The zero-order valence-corrected chi connectivity index (χ0v) is 14.1. The molecule has 1 aliphatic carbocycles. The number of aliphatic hydroxyl groups excluding tert-OH is 1. The molecular formula is C20H36O. The Labute approximate surface area is 132 Å². The minimum Gasteiger partial charge on any atom is -0.393 e. The number of hydrogen-bond donors (Lipinski definition) is 1. The lowest BCUT2D eigenvalue weighted by Gasteiger charge is -2.25. The van der Waals surface area contributed by atoms with Gasteiger partial charge in [-0.2, -0.15) is 0 Å². The van der Waals surface area contributed by atoms with Gasteiger partial charge in [0.2, 0.25) is 0 Å².